The van der Waals surface area contributed by atoms with Gasteiger partial charge in [-0.2, -0.15) is 22.0 Å². The highest BCUT2D eigenvalue weighted by Crippen LogP contribution is 2.28. The molecule has 0 spiro atoms. The van der Waals surface area contributed by atoms with Crippen LogP contribution in [0.3, 0.4) is 0 Å². The molecule has 0 fully saturated rings. The van der Waals surface area contributed by atoms with Gasteiger partial charge in [-0.25, -0.2) is 41.1 Å². The van der Waals surface area contributed by atoms with Gasteiger partial charge < -0.3 is 18.9 Å². The smallest absolute Gasteiger partial charge is 0.392 e. The Morgan fingerprint density at radius 3 is 1.63 bits per heavy atom. The van der Waals surface area contributed by atoms with Gasteiger partial charge in [0.2, 0.25) is 5.82 Å². The molecule has 0 aliphatic rings. The third-order valence-corrected chi connectivity index (χ3v) is 4.61. The number of halogens is 10. The molecule has 1 aromatic rings. The number of alkyl halides is 5. The fraction of sp³-hybridized carbons (Fsp3) is 0.440. The van der Waals surface area contributed by atoms with Crippen molar-refractivity contribution in [1.29, 1.82) is 0 Å². The van der Waals surface area contributed by atoms with Gasteiger partial charge in [0.15, 0.2) is 36.0 Å². The van der Waals surface area contributed by atoms with Gasteiger partial charge in [0, 0.05) is 11.1 Å². The Kier molecular flexibility index (Phi) is 14.9. The van der Waals surface area contributed by atoms with Crippen molar-refractivity contribution in [1.82, 2.24) is 0 Å². The minimum Gasteiger partial charge on any atom is -0.461 e. The molecule has 0 aromatic heterocycles. The second-order valence-electron chi connectivity index (χ2n) is 8.27. The quantitative estimate of drug-likeness (QED) is 0.0730. The second-order valence-corrected chi connectivity index (χ2v) is 8.27. The van der Waals surface area contributed by atoms with Crippen LogP contribution in [0, 0.1) is 29.1 Å². The van der Waals surface area contributed by atoms with E-state index in [-0.39, 0.29) is 11.1 Å². The molecular formula is C25H24F10O8. The average Bonchev–Trinajstić information content (AvgIpc) is 2.91. The first-order chi connectivity index (χ1) is 19.6. The van der Waals surface area contributed by atoms with Crippen LogP contribution in [0.5, 0.6) is 0 Å². The molecule has 8 nitrogen and oxygen atoms in total. The summed E-state index contributed by atoms with van der Waals surface area (Å²) in [7, 11) is 0. The zero-order valence-electron chi connectivity index (χ0n) is 22.6. The molecule has 0 saturated carbocycles. The summed E-state index contributed by atoms with van der Waals surface area (Å²) in [6.07, 6.45) is -8.75. The van der Waals surface area contributed by atoms with Gasteiger partial charge in [-0.3, -0.25) is 0 Å². The van der Waals surface area contributed by atoms with Crippen molar-refractivity contribution in [2.45, 2.75) is 58.4 Å². The van der Waals surface area contributed by atoms with E-state index in [9.17, 15) is 63.1 Å². The molecule has 0 amide bonds. The number of ether oxygens (including phenoxy) is 4. The van der Waals surface area contributed by atoms with Gasteiger partial charge >= 0.3 is 36.0 Å². The van der Waals surface area contributed by atoms with E-state index in [0.717, 1.165) is 0 Å². The highest BCUT2D eigenvalue weighted by atomic mass is 19.4. The topological polar surface area (TPSA) is 105 Å². The molecule has 0 radical (unpaired) electrons. The Hall–Kier alpha value is -4.12. The molecule has 18 heteroatoms. The van der Waals surface area contributed by atoms with Crippen molar-refractivity contribution in [2.75, 3.05) is 13.2 Å². The lowest BCUT2D eigenvalue weighted by atomic mass is 10.1. The summed E-state index contributed by atoms with van der Waals surface area (Å²) >= 11 is 0. The van der Waals surface area contributed by atoms with Crippen molar-refractivity contribution in [3.63, 3.8) is 0 Å². The average molecular weight is 642 g/mol. The zero-order valence-corrected chi connectivity index (χ0v) is 22.6. The molecular weight excluding hydrogens is 618 g/mol. The Morgan fingerprint density at radius 2 is 1.21 bits per heavy atom. The van der Waals surface area contributed by atoms with Crippen LogP contribution in [0.15, 0.2) is 24.3 Å². The molecule has 1 atom stereocenters. The molecule has 242 valence electrons. The summed E-state index contributed by atoms with van der Waals surface area (Å²) in [5.74, 6) is -20.5. The minimum absolute atomic E-state index is 0.00688. The summed E-state index contributed by atoms with van der Waals surface area (Å²) in [5.41, 5.74) is -1.47. The van der Waals surface area contributed by atoms with E-state index in [4.69, 9.17) is 0 Å². The normalized spacial score (nSPS) is 11.8. The van der Waals surface area contributed by atoms with E-state index in [1.807, 2.05) is 0 Å². The molecule has 1 aromatic carbocycles. The minimum atomic E-state index is -4.63. The molecule has 0 N–H and O–H groups in total. The Labute approximate surface area is 237 Å². The highest BCUT2D eigenvalue weighted by Gasteiger charge is 2.50. The predicted molar refractivity (Wildman–Crippen MR) is 123 cm³/mol. The Balaban J connectivity index is 0.000000822. The largest absolute Gasteiger partial charge is 0.461 e. The van der Waals surface area contributed by atoms with E-state index in [1.165, 1.54) is 20.8 Å². The lowest BCUT2D eigenvalue weighted by Gasteiger charge is -2.24. The molecule has 1 rings (SSSR count). The van der Waals surface area contributed by atoms with Crippen LogP contribution in [-0.2, 0) is 44.7 Å². The first kappa shape index (κ1) is 38.9. The van der Waals surface area contributed by atoms with Crippen LogP contribution in [0.4, 0.5) is 43.9 Å². The van der Waals surface area contributed by atoms with Crippen molar-refractivity contribution in [3.8, 4) is 0 Å². The second kappa shape index (κ2) is 16.5. The molecule has 0 bridgehead atoms. The van der Waals surface area contributed by atoms with Crippen LogP contribution in [-0.4, -0.2) is 55.3 Å². The van der Waals surface area contributed by atoms with Crippen molar-refractivity contribution in [3.05, 3.63) is 59.0 Å². The number of hydrogen-bond donors (Lipinski definition) is 0. The maximum atomic E-state index is 13.7. The first-order valence-electron chi connectivity index (χ1n) is 11.5. The lowest BCUT2D eigenvalue weighted by molar-refractivity contribution is -0.200. The van der Waals surface area contributed by atoms with Gasteiger partial charge in [0.25, 0.3) is 0 Å². The fourth-order valence-electron chi connectivity index (χ4n) is 2.35. The van der Waals surface area contributed by atoms with E-state index >= 15 is 0 Å². The van der Waals surface area contributed by atoms with Crippen molar-refractivity contribution < 1.29 is 82.0 Å². The number of hydrogen-bond acceptors (Lipinski definition) is 8. The number of carbonyl (C=O) groups excluding carboxylic acids is 4. The molecule has 0 aliphatic heterocycles. The van der Waals surface area contributed by atoms with Crippen LogP contribution in [0.1, 0.15) is 39.2 Å². The van der Waals surface area contributed by atoms with Crippen LogP contribution < -0.4 is 0 Å². The fourth-order valence-corrected chi connectivity index (χ4v) is 2.35. The van der Waals surface area contributed by atoms with E-state index < -0.39 is 109 Å². The number of benzene rings is 1. The van der Waals surface area contributed by atoms with Gasteiger partial charge in [0.1, 0.15) is 13.2 Å². The summed E-state index contributed by atoms with van der Waals surface area (Å²) in [5, 5.41) is 0. The van der Waals surface area contributed by atoms with Gasteiger partial charge in [-0.1, -0.05) is 20.1 Å². The summed E-state index contributed by atoms with van der Waals surface area (Å²) in [6.45, 7) is 6.81. The van der Waals surface area contributed by atoms with Crippen LogP contribution >= 0.6 is 0 Å². The van der Waals surface area contributed by atoms with Crippen LogP contribution in [0.25, 0.3) is 0 Å². The van der Waals surface area contributed by atoms with E-state index in [0.29, 0.717) is 0 Å². The maximum absolute atomic E-state index is 13.7. The maximum Gasteiger partial charge on any atom is 0.392 e. The highest BCUT2D eigenvalue weighted by molar-refractivity contribution is 5.88. The van der Waals surface area contributed by atoms with E-state index in [2.05, 4.69) is 32.1 Å². The molecule has 0 saturated heterocycles. The zero-order chi connectivity index (χ0) is 33.9. The van der Waals surface area contributed by atoms with Crippen molar-refractivity contribution >= 4 is 23.9 Å². The Morgan fingerprint density at radius 1 is 0.744 bits per heavy atom. The SMILES string of the molecule is C=C(C)C(=O)OC(CC)C(F)(F)C(=O)OCCC(F)(F)F.C=C(C)C(=O)OCC(=O)OCc1c(F)c(F)c(F)c(F)c1F. The summed E-state index contributed by atoms with van der Waals surface area (Å²) < 4.78 is 145. The van der Waals surface area contributed by atoms with Gasteiger partial charge in [-0.05, 0) is 20.3 Å². The number of rotatable bonds is 12. The molecule has 0 aliphatic carbocycles. The summed E-state index contributed by atoms with van der Waals surface area (Å²) in [4.78, 5) is 44.5. The monoisotopic (exact) mass is 642 g/mol. The van der Waals surface area contributed by atoms with E-state index in [1.54, 1.807) is 0 Å². The standard InChI is InChI=1S/C13H9F5O4.C12H15F5O4/c1-5(2)13(20)22-4-7(19)21-3-6-8(14)10(16)12(18)11(17)9(6)15;1-4-8(21-9(18)7(2)3)12(16,17)10(19)20-6-5-11(13,14)15/h1,3-4H2,2H3;8H,2,4-6H2,1,3H3. The third kappa shape index (κ3) is 12.3. The van der Waals surface area contributed by atoms with Gasteiger partial charge in [-0.15, -0.1) is 0 Å². The number of carbonyl (C=O) groups is 4. The summed E-state index contributed by atoms with van der Waals surface area (Å²) in [6, 6.07) is 0. The molecule has 43 heavy (non-hydrogen) atoms. The van der Waals surface area contributed by atoms with Gasteiger partial charge in [0.05, 0.1) is 12.0 Å². The Bertz CT molecular complexity index is 1200. The van der Waals surface area contributed by atoms with Crippen LogP contribution in [0.2, 0.25) is 0 Å². The molecule has 0 heterocycles. The predicted octanol–water partition coefficient (Wildman–Crippen LogP) is 5.56. The van der Waals surface area contributed by atoms with Crippen molar-refractivity contribution in [2.24, 2.45) is 0 Å². The lowest BCUT2D eigenvalue weighted by Crippen LogP contribution is -2.45. The first-order valence-corrected chi connectivity index (χ1v) is 11.5. The third-order valence-electron chi connectivity index (χ3n) is 4.61. The molecule has 1 unspecified atom stereocenters. The number of esters is 4.